The molecule has 1 heterocycles. The number of piperidine rings is 1. The van der Waals surface area contributed by atoms with Gasteiger partial charge in [-0.05, 0) is 56.0 Å². The highest BCUT2D eigenvalue weighted by Gasteiger charge is 2.57. The smallest absolute Gasteiger partial charge is 0.324 e. The van der Waals surface area contributed by atoms with E-state index in [2.05, 4.69) is 15.4 Å². The highest BCUT2D eigenvalue weighted by Crippen LogP contribution is 2.58. The highest BCUT2D eigenvalue weighted by molar-refractivity contribution is 7.92. The Morgan fingerprint density at radius 2 is 1.85 bits per heavy atom. The van der Waals surface area contributed by atoms with Crippen LogP contribution in [0.25, 0.3) is 0 Å². The van der Waals surface area contributed by atoms with Gasteiger partial charge in [-0.1, -0.05) is 0 Å². The van der Waals surface area contributed by atoms with Gasteiger partial charge in [0.2, 0.25) is 15.9 Å². The Morgan fingerprint density at radius 1 is 1.22 bits per heavy atom. The zero-order valence-corrected chi connectivity index (χ0v) is 16.2. The van der Waals surface area contributed by atoms with Gasteiger partial charge in [-0.2, -0.15) is 13.2 Å². The van der Waals surface area contributed by atoms with Crippen LogP contribution in [0.3, 0.4) is 0 Å². The maximum absolute atomic E-state index is 13.0. The summed E-state index contributed by atoms with van der Waals surface area (Å²) in [5.74, 6) is -0.631. The first kappa shape index (κ1) is 21.8. The number of hydrogen-bond acceptors (Lipinski definition) is 4. The molecular weight excluding hydrogens is 407 g/mol. The Labute approximate surface area is 161 Å². The van der Waals surface area contributed by atoms with Crippen molar-refractivity contribution in [2.75, 3.05) is 29.4 Å². The molecule has 1 aliphatic heterocycles. The number of benzene rings is 1. The van der Waals surface area contributed by atoms with Crippen molar-refractivity contribution in [2.24, 2.45) is 11.3 Å². The van der Waals surface area contributed by atoms with E-state index < -0.39 is 21.8 Å². The van der Waals surface area contributed by atoms with Gasteiger partial charge in [-0.25, -0.2) is 8.42 Å². The molecule has 1 saturated heterocycles. The zero-order chi connectivity index (χ0) is 19.2. The molecule has 11 heteroatoms. The minimum atomic E-state index is -4.60. The topological polar surface area (TPSA) is 87.3 Å². The van der Waals surface area contributed by atoms with Crippen molar-refractivity contribution in [3.63, 3.8) is 0 Å². The lowest BCUT2D eigenvalue weighted by Gasteiger charge is -2.23. The molecule has 3 N–H and O–H groups in total. The number of amides is 1. The van der Waals surface area contributed by atoms with Crippen molar-refractivity contribution in [1.82, 2.24) is 5.32 Å². The molecule has 1 aromatic carbocycles. The third-order valence-corrected chi connectivity index (χ3v) is 5.60. The van der Waals surface area contributed by atoms with Gasteiger partial charge >= 0.3 is 6.18 Å². The number of hydrogen-bond donors (Lipinski definition) is 3. The monoisotopic (exact) mass is 427 g/mol. The number of sulfonamides is 1. The maximum atomic E-state index is 13.0. The van der Waals surface area contributed by atoms with E-state index in [1.165, 1.54) is 0 Å². The lowest BCUT2D eigenvalue weighted by molar-refractivity contribution is -0.137. The molecule has 1 atom stereocenters. The summed E-state index contributed by atoms with van der Waals surface area (Å²) in [4.78, 5) is 12.5. The van der Waals surface area contributed by atoms with Crippen LogP contribution in [0, 0.1) is 11.3 Å². The summed E-state index contributed by atoms with van der Waals surface area (Å²) in [6, 6.07) is 2.53. The van der Waals surface area contributed by atoms with Crippen LogP contribution < -0.4 is 15.4 Å². The molecule has 1 spiro atoms. The summed E-state index contributed by atoms with van der Waals surface area (Å²) in [5, 5.41) is 5.71. The standard InChI is InChI=1S/C16H20F3N3O3S.ClH/c1-26(24,25)22-12-3-2-10(16(17,18)19)8-13(12)21-14(23)11-9-15(11)4-6-20-7-5-15;/h2-3,8,11,20,22H,4-7,9H2,1H3,(H,21,23);1H. The molecule has 3 rings (SSSR count). The fraction of sp³-hybridized carbons (Fsp3) is 0.562. The van der Waals surface area contributed by atoms with Gasteiger partial charge in [0.15, 0.2) is 0 Å². The Morgan fingerprint density at radius 3 is 2.41 bits per heavy atom. The Kier molecular flexibility index (Phi) is 6.03. The number of alkyl halides is 3. The van der Waals surface area contributed by atoms with Crippen LogP contribution in [0.4, 0.5) is 24.5 Å². The molecule has 1 saturated carbocycles. The van der Waals surface area contributed by atoms with Crippen LogP contribution in [-0.2, 0) is 21.0 Å². The summed E-state index contributed by atoms with van der Waals surface area (Å²) >= 11 is 0. The highest BCUT2D eigenvalue weighted by atomic mass is 35.5. The molecule has 2 fully saturated rings. The van der Waals surface area contributed by atoms with Crippen LogP contribution in [0.5, 0.6) is 0 Å². The molecule has 1 unspecified atom stereocenters. The van der Waals surface area contributed by atoms with Crippen molar-refractivity contribution in [3.8, 4) is 0 Å². The summed E-state index contributed by atoms with van der Waals surface area (Å²) in [5.41, 5.74) is -1.32. The van der Waals surface area contributed by atoms with E-state index in [0.29, 0.717) is 6.42 Å². The van der Waals surface area contributed by atoms with E-state index in [1.54, 1.807) is 0 Å². The maximum Gasteiger partial charge on any atom is 0.416 e. The van der Waals surface area contributed by atoms with Gasteiger partial charge in [0.25, 0.3) is 0 Å². The first-order valence-corrected chi connectivity index (χ1v) is 10.1. The van der Waals surface area contributed by atoms with Crippen molar-refractivity contribution in [1.29, 1.82) is 0 Å². The lowest BCUT2D eigenvalue weighted by Crippen LogP contribution is -2.31. The molecule has 1 aromatic rings. The molecule has 6 nitrogen and oxygen atoms in total. The molecule has 1 amide bonds. The van der Waals surface area contributed by atoms with Crippen molar-refractivity contribution in [2.45, 2.75) is 25.4 Å². The van der Waals surface area contributed by atoms with E-state index in [-0.39, 0.29) is 41.0 Å². The minimum absolute atomic E-state index is 0. The van der Waals surface area contributed by atoms with E-state index >= 15 is 0 Å². The largest absolute Gasteiger partial charge is 0.416 e. The van der Waals surface area contributed by atoms with Crippen LogP contribution in [0.1, 0.15) is 24.8 Å². The second-order valence-electron chi connectivity index (χ2n) is 6.99. The molecule has 0 radical (unpaired) electrons. The fourth-order valence-corrected chi connectivity index (χ4v) is 4.11. The molecule has 2 aliphatic rings. The van der Waals surface area contributed by atoms with E-state index in [0.717, 1.165) is 50.4 Å². The van der Waals surface area contributed by atoms with Crippen molar-refractivity contribution >= 4 is 39.7 Å². The number of halogens is 4. The molecule has 0 bridgehead atoms. The number of carbonyl (C=O) groups excluding carboxylic acids is 1. The third-order valence-electron chi connectivity index (χ3n) is 5.01. The molecule has 152 valence electrons. The van der Waals surface area contributed by atoms with Crippen LogP contribution in [0.15, 0.2) is 18.2 Å². The minimum Gasteiger partial charge on any atom is -0.324 e. The van der Waals surface area contributed by atoms with Crippen molar-refractivity contribution < 1.29 is 26.4 Å². The normalized spacial score (nSPS) is 21.3. The van der Waals surface area contributed by atoms with Gasteiger partial charge in [0, 0.05) is 5.92 Å². The predicted molar refractivity (Wildman–Crippen MR) is 98.4 cm³/mol. The first-order chi connectivity index (χ1) is 12.0. The summed E-state index contributed by atoms with van der Waals surface area (Å²) < 4.78 is 64.0. The van der Waals surface area contributed by atoms with Crippen molar-refractivity contribution in [3.05, 3.63) is 23.8 Å². The second-order valence-corrected chi connectivity index (χ2v) is 8.74. The van der Waals surface area contributed by atoms with E-state index in [1.807, 2.05) is 0 Å². The van der Waals surface area contributed by atoms with E-state index in [9.17, 15) is 26.4 Å². The number of rotatable bonds is 4. The van der Waals surface area contributed by atoms with Gasteiger partial charge < -0.3 is 10.6 Å². The van der Waals surface area contributed by atoms with Crippen LogP contribution in [-0.4, -0.2) is 33.7 Å². The average molecular weight is 428 g/mol. The lowest BCUT2D eigenvalue weighted by atomic mass is 9.91. The molecular formula is C16H21ClF3N3O3S. The Hall–Kier alpha value is -1.52. The summed E-state index contributed by atoms with van der Waals surface area (Å²) in [6.45, 7) is 1.63. The average Bonchev–Trinajstić information content (AvgIpc) is 3.20. The molecule has 0 aromatic heterocycles. The molecule has 27 heavy (non-hydrogen) atoms. The van der Waals surface area contributed by atoms with Gasteiger partial charge in [0.1, 0.15) is 0 Å². The van der Waals surface area contributed by atoms with Gasteiger partial charge in [-0.3, -0.25) is 9.52 Å². The Bertz CT molecular complexity index is 824. The predicted octanol–water partition coefficient (Wildman–Crippen LogP) is 2.83. The van der Waals surface area contributed by atoms with Crippen LogP contribution >= 0.6 is 12.4 Å². The van der Waals surface area contributed by atoms with Crippen LogP contribution in [0.2, 0.25) is 0 Å². The zero-order valence-electron chi connectivity index (χ0n) is 14.5. The summed E-state index contributed by atoms with van der Waals surface area (Å²) in [6.07, 6.45) is -1.31. The fourth-order valence-electron chi connectivity index (χ4n) is 3.53. The summed E-state index contributed by atoms with van der Waals surface area (Å²) in [7, 11) is -3.71. The quantitative estimate of drug-likeness (QED) is 0.689. The number of nitrogens with one attached hydrogen (secondary N) is 3. The SMILES string of the molecule is CS(=O)(=O)Nc1ccc(C(F)(F)F)cc1NC(=O)C1CC12CCNCC2.Cl. The number of carbonyl (C=O) groups is 1. The van der Waals surface area contributed by atoms with Gasteiger partial charge in [-0.15, -0.1) is 12.4 Å². The van der Waals surface area contributed by atoms with E-state index in [4.69, 9.17) is 0 Å². The third kappa shape index (κ3) is 5.05. The first-order valence-electron chi connectivity index (χ1n) is 8.21. The second kappa shape index (κ2) is 7.48. The number of anilines is 2. The Balaban J connectivity index is 0.00000261. The van der Waals surface area contributed by atoms with Gasteiger partial charge in [0.05, 0.1) is 23.2 Å². The molecule has 1 aliphatic carbocycles.